The normalized spacial score (nSPS) is 21.4. The van der Waals surface area contributed by atoms with Gasteiger partial charge in [0, 0.05) is 152 Å². The molecule has 8 atom stereocenters. The second-order valence-corrected chi connectivity index (χ2v) is 32.0. The minimum absolute atomic E-state index is 0.0215. The van der Waals surface area contributed by atoms with Crippen LogP contribution in [0.3, 0.4) is 0 Å². The summed E-state index contributed by atoms with van der Waals surface area (Å²) in [5.74, 6) is -8.38. The van der Waals surface area contributed by atoms with Crippen molar-refractivity contribution in [2.45, 2.75) is 176 Å². The molecule has 38 heteroatoms. The third-order valence-corrected chi connectivity index (χ3v) is 22.7. The van der Waals surface area contributed by atoms with Crippen molar-refractivity contribution in [1.29, 1.82) is 0 Å². The van der Waals surface area contributed by atoms with Gasteiger partial charge in [0.25, 0.3) is 0 Å². The topological polar surface area (TPSA) is 486 Å². The number of rotatable bonds is 40. The number of primary amides is 1. The van der Waals surface area contributed by atoms with Crippen LogP contribution in [0.1, 0.15) is 126 Å². The van der Waals surface area contributed by atoms with Gasteiger partial charge in [-0.25, -0.2) is 4.79 Å². The van der Waals surface area contributed by atoms with Gasteiger partial charge in [0.2, 0.25) is 65.0 Å². The molecule has 4 heterocycles. The quantitative estimate of drug-likeness (QED) is 0.0371. The van der Waals surface area contributed by atoms with Crippen molar-refractivity contribution in [3.8, 4) is 0 Å². The fourth-order valence-corrected chi connectivity index (χ4v) is 16.1. The number of unbranched alkanes of at least 4 members (excludes halogenated alkanes) is 2. The van der Waals surface area contributed by atoms with Gasteiger partial charge in [0.15, 0.2) is 0 Å². The van der Waals surface area contributed by atoms with Crippen molar-refractivity contribution >= 4 is 118 Å². The van der Waals surface area contributed by atoms with E-state index in [-0.39, 0.29) is 119 Å². The second-order valence-electron chi connectivity index (χ2n) is 28.9. The van der Waals surface area contributed by atoms with Crippen LogP contribution in [0.5, 0.6) is 0 Å². The zero-order chi connectivity index (χ0) is 83.4. The van der Waals surface area contributed by atoms with Crippen LogP contribution >= 0.6 is 35.3 Å². The number of aliphatic hydroxyl groups is 1. The predicted molar refractivity (Wildman–Crippen MR) is 431 cm³/mol. The highest BCUT2D eigenvalue weighted by atomic mass is 32.2. The monoisotopic (exact) mass is 1670 g/mol. The Morgan fingerprint density at radius 1 is 0.557 bits per heavy atom. The van der Waals surface area contributed by atoms with E-state index in [0.717, 1.165) is 29.5 Å². The number of nitrogens with zero attached hydrogens (tertiary/aromatic N) is 5. The van der Waals surface area contributed by atoms with E-state index in [2.05, 4.69) is 42.5 Å². The molecule has 2 aromatic carbocycles. The van der Waals surface area contributed by atoms with Crippen LogP contribution in [-0.2, 0) is 105 Å². The van der Waals surface area contributed by atoms with E-state index in [4.69, 9.17) is 19.9 Å². The molecule has 0 saturated carbocycles. The minimum Gasteiger partial charge on any atom is -0.480 e. The summed E-state index contributed by atoms with van der Waals surface area (Å²) in [6, 6.07) is 5.06. The number of aliphatic carboxylic acids is 3. The molecule has 0 radical (unpaired) electrons. The van der Waals surface area contributed by atoms with Gasteiger partial charge in [-0.15, -0.1) is 0 Å². The largest absolute Gasteiger partial charge is 0.480 e. The van der Waals surface area contributed by atoms with Gasteiger partial charge in [-0.2, -0.15) is 35.3 Å². The maximum atomic E-state index is 14.9. The summed E-state index contributed by atoms with van der Waals surface area (Å²) in [5.41, 5.74) is 8.60. The van der Waals surface area contributed by atoms with Gasteiger partial charge in [0.05, 0.1) is 52.2 Å². The third-order valence-electron chi connectivity index (χ3n) is 19.4. The number of amides is 11. The van der Waals surface area contributed by atoms with Crippen molar-refractivity contribution in [2.75, 3.05) is 149 Å². The zero-order valence-electron chi connectivity index (χ0n) is 66.0. The molecule has 0 unspecified atom stereocenters. The Kier molecular flexibility index (Phi) is 44.2. The smallest absolute Gasteiger partial charge is 0.327 e. The Morgan fingerprint density at radius 3 is 1.65 bits per heavy atom. The molecule has 3 fully saturated rings. The summed E-state index contributed by atoms with van der Waals surface area (Å²) >= 11 is 4.14. The SMILES string of the molecule is CCCCCC(=O)N[C@H]1CSCc2cc(CSCCNC(=O)CCC(=O)NCCCOCCOCCOCCCNC(=O)CN3CCN(CC(=O)O)CCN(CC(=O)O)CC3)cc(c2)CSC[C@@H](C(=O)O)NC(=O)[C@H](Cc2ccccc2)NC(=O)[C@H](CCC(N)=O)NC(=O)[C@H]([C@@H](C)O)NC(=O)[C@@H]2CCCN2C(=O)[C@@H]2CCCN2C1=O. The molecule has 6 rings (SSSR count). The standard InChI is InChI=1S/C77H118N14O21S3/c1-3-4-6-17-66(96)82-59-50-114-48-55-40-54(47-113-39-24-81-65(95)21-20-64(94)79-22-11-33-110-35-37-112-38-36-111-34-12-23-80-67(97)44-87-27-29-88(45-68(98)99)31-32-89(30-28-87)46-69(100)101)41-56(42-55)49-115-51-60(77(108)109)85-72(103)58(43-53-13-7-5-8-14-53)84-71(102)57(18-19-63(78)93)83-74(105)70(52(2)92)86-73(104)61-15-9-25-90(61)76(107)62-16-10-26-91(62)75(59)106/h5,7-8,13-14,40-42,52,57-62,70,92H,3-4,6,9-12,15-39,43-51H2,1-2H3,(H2,78,93)(H,79,94)(H,80,97)(H,81,95)(H,82,96)(H,83,105)(H,84,102)(H,85,103)(H,86,104)(H,98,99)(H,100,101)(H,108,109)/t52-,57+,58+,59+,60+,61+,62+,70+/m1/s1. The van der Waals surface area contributed by atoms with Crippen LogP contribution in [0.15, 0.2) is 48.5 Å². The lowest BCUT2D eigenvalue weighted by molar-refractivity contribution is -0.148. The number of carboxylic acids is 3. The summed E-state index contributed by atoms with van der Waals surface area (Å²) < 4.78 is 16.8. The Hall–Kier alpha value is -8.21. The van der Waals surface area contributed by atoms with E-state index in [9.17, 15) is 87.5 Å². The number of benzene rings is 2. The van der Waals surface area contributed by atoms with Crippen molar-refractivity contribution in [3.05, 3.63) is 70.8 Å². The average Bonchev–Trinajstić information content (AvgIpc) is 1.67. The molecule has 640 valence electrons. The van der Waals surface area contributed by atoms with Crippen molar-refractivity contribution < 1.29 is 102 Å². The number of nitrogens with two attached hydrogens (primary N) is 1. The van der Waals surface area contributed by atoms with E-state index >= 15 is 0 Å². The number of hydrogen-bond acceptors (Lipinski definition) is 24. The van der Waals surface area contributed by atoms with Gasteiger partial charge in [-0.05, 0) is 80.5 Å². The number of fused-ring (bicyclic) bond motifs is 4. The van der Waals surface area contributed by atoms with Crippen LogP contribution < -0.4 is 48.3 Å². The Labute approximate surface area is 684 Å². The number of thioether (sulfide) groups is 3. The third kappa shape index (κ3) is 36.9. The van der Waals surface area contributed by atoms with Gasteiger partial charge in [-0.3, -0.25) is 77.0 Å². The molecule has 0 aromatic heterocycles. The second kappa shape index (κ2) is 53.2. The number of carbonyl (C=O) groups excluding carboxylic acids is 11. The van der Waals surface area contributed by atoms with Crippen LogP contribution in [0.25, 0.3) is 0 Å². The Balaban J connectivity index is 1.000. The number of hydrogen-bond donors (Lipinski definition) is 13. The van der Waals surface area contributed by atoms with E-state index in [1.165, 1.54) is 52.0 Å². The summed E-state index contributed by atoms with van der Waals surface area (Å²) in [6.07, 6.45) is 2.23. The van der Waals surface area contributed by atoms with Crippen LogP contribution in [0, 0.1) is 0 Å². The summed E-state index contributed by atoms with van der Waals surface area (Å²) in [4.78, 5) is 195. The number of carbonyl (C=O) groups is 14. The lowest BCUT2D eigenvalue weighted by atomic mass is 10.0. The molecule has 4 aliphatic heterocycles. The molecule has 0 spiro atoms. The van der Waals surface area contributed by atoms with Gasteiger partial charge >= 0.3 is 17.9 Å². The van der Waals surface area contributed by atoms with Gasteiger partial charge in [-0.1, -0.05) is 68.3 Å². The lowest BCUT2D eigenvalue weighted by Gasteiger charge is -2.33. The highest BCUT2D eigenvalue weighted by molar-refractivity contribution is 7.99. The Bertz CT molecular complexity index is 3470. The van der Waals surface area contributed by atoms with E-state index in [0.29, 0.717) is 153 Å². The van der Waals surface area contributed by atoms with Crippen LogP contribution in [0.2, 0.25) is 0 Å². The molecular formula is C77H118N14O21S3. The molecule has 35 nitrogen and oxygen atoms in total. The predicted octanol–water partition coefficient (Wildman–Crippen LogP) is -0.593. The molecule has 115 heavy (non-hydrogen) atoms. The first-order chi connectivity index (χ1) is 55.3. The van der Waals surface area contributed by atoms with Crippen LogP contribution in [0.4, 0.5) is 0 Å². The van der Waals surface area contributed by atoms with Crippen molar-refractivity contribution in [1.82, 2.24) is 67.0 Å². The fourth-order valence-electron chi connectivity index (χ4n) is 13.4. The number of ether oxygens (including phenoxy) is 3. The van der Waals surface area contributed by atoms with E-state index in [1.807, 2.05) is 30.0 Å². The molecule has 2 aromatic rings. The first-order valence-corrected chi connectivity index (χ1v) is 43.1. The first-order valence-electron chi connectivity index (χ1n) is 39.6. The molecule has 11 amide bonds. The number of nitrogens with one attached hydrogen (secondary N) is 8. The zero-order valence-corrected chi connectivity index (χ0v) is 68.4. The maximum Gasteiger partial charge on any atom is 0.327 e. The van der Waals surface area contributed by atoms with E-state index < -0.39 is 114 Å². The molecule has 2 bridgehead atoms. The van der Waals surface area contributed by atoms with Crippen molar-refractivity contribution in [3.63, 3.8) is 0 Å². The maximum absolute atomic E-state index is 14.9. The lowest BCUT2D eigenvalue weighted by Crippen LogP contribution is -2.61. The minimum atomic E-state index is -1.71. The van der Waals surface area contributed by atoms with Gasteiger partial charge in [0.1, 0.15) is 42.3 Å². The average molecular weight is 1670 g/mol. The molecule has 14 N–H and O–H groups in total. The highest BCUT2D eigenvalue weighted by Gasteiger charge is 2.45. The molecule has 4 aliphatic rings. The summed E-state index contributed by atoms with van der Waals surface area (Å²) in [7, 11) is 0. The summed E-state index contributed by atoms with van der Waals surface area (Å²) in [5, 5.41) is 61.9. The number of aliphatic hydroxyl groups excluding tert-OH is 1. The molecular weight excluding hydrogens is 1550 g/mol. The highest BCUT2D eigenvalue weighted by Crippen LogP contribution is 2.29. The first kappa shape index (κ1) is 95.6. The Morgan fingerprint density at radius 2 is 1.09 bits per heavy atom. The fraction of sp³-hybridized carbons (Fsp3) is 0.662. The van der Waals surface area contributed by atoms with Gasteiger partial charge < -0.3 is 92.7 Å². The number of carboxylic acid groups (broad SMARTS) is 3. The van der Waals surface area contributed by atoms with E-state index in [1.54, 1.807) is 40.1 Å². The van der Waals surface area contributed by atoms with Crippen molar-refractivity contribution in [2.24, 2.45) is 5.73 Å². The molecule has 3 saturated heterocycles. The summed E-state index contributed by atoms with van der Waals surface area (Å²) in [6.45, 7) is 9.08. The van der Waals surface area contributed by atoms with Crippen LogP contribution in [-0.4, -0.2) is 325 Å². The molecule has 0 aliphatic carbocycles.